The van der Waals surface area contributed by atoms with Crippen LogP contribution in [0.3, 0.4) is 0 Å². The van der Waals surface area contributed by atoms with Crippen LogP contribution in [0.2, 0.25) is 0 Å². The second kappa shape index (κ2) is 8.85. The van der Waals surface area contributed by atoms with Crippen LogP contribution in [-0.2, 0) is 0 Å². The maximum absolute atomic E-state index is 9.44. The normalized spacial score (nSPS) is 15.7. The molecule has 0 amide bonds. The van der Waals surface area contributed by atoms with Crippen LogP contribution in [0.15, 0.2) is 0 Å². The van der Waals surface area contributed by atoms with Gasteiger partial charge in [0.15, 0.2) is 0 Å². The minimum Gasteiger partial charge on any atom is -0.395 e. The van der Waals surface area contributed by atoms with Crippen LogP contribution in [0.25, 0.3) is 0 Å². The Morgan fingerprint density at radius 1 is 1.15 bits per heavy atom. The molecule has 80 valence electrons. The van der Waals surface area contributed by atoms with Gasteiger partial charge in [0.2, 0.25) is 0 Å². The molecule has 3 heteroatoms. The monoisotopic (exact) mass is 206 g/mol. The number of thiol groups is 1. The van der Waals surface area contributed by atoms with Crippen molar-refractivity contribution >= 4 is 12.6 Å². The van der Waals surface area contributed by atoms with E-state index in [-0.39, 0.29) is 11.9 Å². The summed E-state index contributed by atoms with van der Waals surface area (Å²) in [5.41, 5.74) is 0. The van der Waals surface area contributed by atoms with E-state index in [0.717, 1.165) is 12.8 Å². The molecule has 0 aliphatic heterocycles. The third kappa shape index (κ3) is 7.35. The van der Waals surface area contributed by atoms with Crippen molar-refractivity contribution in [2.45, 2.75) is 56.8 Å². The van der Waals surface area contributed by atoms with E-state index < -0.39 is 6.10 Å². The van der Waals surface area contributed by atoms with Crippen molar-refractivity contribution in [1.82, 2.24) is 0 Å². The number of aliphatic hydroxyl groups excluding tert-OH is 2. The van der Waals surface area contributed by atoms with Crippen molar-refractivity contribution in [2.24, 2.45) is 0 Å². The maximum Gasteiger partial charge on any atom is 0.0678 e. The quantitative estimate of drug-likeness (QED) is 0.420. The maximum atomic E-state index is 9.44. The molecule has 0 saturated carbocycles. The average molecular weight is 206 g/mol. The number of rotatable bonds is 8. The van der Waals surface area contributed by atoms with Crippen molar-refractivity contribution in [3.05, 3.63) is 0 Å². The molecule has 0 aliphatic carbocycles. The van der Waals surface area contributed by atoms with Gasteiger partial charge in [-0.1, -0.05) is 39.0 Å². The van der Waals surface area contributed by atoms with Crippen LogP contribution >= 0.6 is 12.6 Å². The Balaban J connectivity index is 3.21. The van der Waals surface area contributed by atoms with Gasteiger partial charge < -0.3 is 10.2 Å². The van der Waals surface area contributed by atoms with Crippen LogP contribution in [-0.4, -0.2) is 28.2 Å². The minimum atomic E-state index is -0.449. The molecule has 0 aromatic heterocycles. The Morgan fingerprint density at radius 3 is 2.31 bits per heavy atom. The van der Waals surface area contributed by atoms with E-state index in [2.05, 4.69) is 19.6 Å². The lowest BCUT2D eigenvalue weighted by molar-refractivity contribution is 0.130. The highest BCUT2D eigenvalue weighted by atomic mass is 32.1. The van der Waals surface area contributed by atoms with E-state index in [1.165, 1.54) is 25.7 Å². The summed E-state index contributed by atoms with van der Waals surface area (Å²) >= 11 is 4.07. The summed E-state index contributed by atoms with van der Waals surface area (Å²) in [5.74, 6) is 0. The summed E-state index contributed by atoms with van der Waals surface area (Å²) in [6.45, 7) is 2.14. The molecule has 0 spiro atoms. The lowest BCUT2D eigenvalue weighted by atomic mass is 10.1. The summed E-state index contributed by atoms with van der Waals surface area (Å²) in [6.07, 6.45) is 6.30. The molecule has 0 aliphatic rings. The van der Waals surface area contributed by atoms with Crippen LogP contribution in [0.5, 0.6) is 0 Å². The van der Waals surface area contributed by atoms with Gasteiger partial charge in [0, 0.05) is 0 Å². The first-order valence-electron chi connectivity index (χ1n) is 5.19. The second-order valence-corrected chi connectivity index (χ2v) is 4.18. The Kier molecular flexibility index (Phi) is 9.03. The fourth-order valence-electron chi connectivity index (χ4n) is 1.27. The largest absolute Gasteiger partial charge is 0.395 e. The van der Waals surface area contributed by atoms with Crippen molar-refractivity contribution in [2.75, 3.05) is 6.61 Å². The van der Waals surface area contributed by atoms with Gasteiger partial charge >= 0.3 is 0 Å². The highest BCUT2D eigenvalue weighted by Crippen LogP contribution is 2.11. The molecule has 13 heavy (non-hydrogen) atoms. The Hall–Kier alpha value is 0.270. The van der Waals surface area contributed by atoms with Crippen LogP contribution in [0.4, 0.5) is 0 Å². The number of hydrogen-bond acceptors (Lipinski definition) is 3. The summed E-state index contributed by atoms with van der Waals surface area (Å²) < 4.78 is 0. The second-order valence-electron chi connectivity index (χ2n) is 3.52. The highest BCUT2D eigenvalue weighted by Gasteiger charge is 2.12. The molecule has 0 aromatic rings. The summed E-state index contributed by atoms with van der Waals surface area (Å²) in [7, 11) is 0. The minimum absolute atomic E-state index is 0.0424. The highest BCUT2D eigenvalue weighted by molar-refractivity contribution is 7.81. The van der Waals surface area contributed by atoms with Crippen molar-refractivity contribution < 1.29 is 10.2 Å². The molecule has 0 fully saturated rings. The lowest BCUT2D eigenvalue weighted by Gasteiger charge is -2.15. The first-order chi connectivity index (χ1) is 6.22. The van der Waals surface area contributed by atoms with Gasteiger partial charge in [0.1, 0.15) is 0 Å². The zero-order valence-electron chi connectivity index (χ0n) is 8.45. The third-order valence-corrected chi connectivity index (χ3v) is 2.74. The Labute approximate surface area is 86.8 Å². The average Bonchev–Trinajstić information content (AvgIpc) is 2.16. The molecular weight excluding hydrogens is 184 g/mol. The first kappa shape index (κ1) is 13.3. The summed E-state index contributed by atoms with van der Waals surface area (Å²) in [5, 5.41) is 17.9. The number of aliphatic hydroxyl groups is 2. The number of hydrogen-bond donors (Lipinski definition) is 3. The molecule has 2 atom stereocenters. The first-order valence-corrected chi connectivity index (χ1v) is 5.71. The molecule has 0 aromatic carbocycles. The molecule has 0 radical (unpaired) electrons. The Bertz CT molecular complexity index is 109. The predicted octanol–water partition coefficient (Wildman–Crippen LogP) is 2.00. The lowest BCUT2D eigenvalue weighted by Crippen LogP contribution is -2.24. The molecule has 0 heterocycles. The standard InChI is InChI=1S/C10H22O2S/c1-2-3-4-5-6-7-9(12)10(13)8-11/h9-13H,2-8H2,1H3/t9-,10-/m0/s1. The molecular formula is C10H22O2S. The van der Waals surface area contributed by atoms with E-state index in [1.807, 2.05) is 0 Å². The van der Waals surface area contributed by atoms with E-state index in [4.69, 9.17) is 5.11 Å². The SMILES string of the molecule is CCCCCCC[C@H](O)[C@@H](S)CO. The fraction of sp³-hybridized carbons (Fsp3) is 1.00. The van der Waals surface area contributed by atoms with E-state index >= 15 is 0 Å². The van der Waals surface area contributed by atoms with Crippen LogP contribution < -0.4 is 0 Å². The smallest absolute Gasteiger partial charge is 0.0678 e. The molecule has 0 unspecified atom stereocenters. The number of unbranched alkanes of at least 4 members (excludes halogenated alkanes) is 4. The fourth-order valence-corrected chi connectivity index (χ4v) is 1.42. The van der Waals surface area contributed by atoms with Gasteiger partial charge in [-0.15, -0.1) is 0 Å². The van der Waals surface area contributed by atoms with Crippen molar-refractivity contribution in [3.63, 3.8) is 0 Å². The van der Waals surface area contributed by atoms with Crippen LogP contribution in [0.1, 0.15) is 45.4 Å². The van der Waals surface area contributed by atoms with Crippen LogP contribution in [0, 0.1) is 0 Å². The van der Waals surface area contributed by atoms with Gasteiger partial charge in [0.05, 0.1) is 18.0 Å². The third-order valence-electron chi connectivity index (χ3n) is 2.23. The molecule has 0 saturated heterocycles. The predicted molar refractivity (Wildman–Crippen MR) is 59.2 cm³/mol. The molecule has 0 rings (SSSR count). The Morgan fingerprint density at radius 2 is 1.77 bits per heavy atom. The molecule has 0 bridgehead atoms. The van der Waals surface area contributed by atoms with Crippen molar-refractivity contribution in [3.8, 4) is 0 Å². The van der Waals surface area contributed by atoms with Gasteiger partial charge in [-0.3, -0.25) is 0 Å². The topological polar surface area (TPSA) is 40.5 Å². The van der Waals surface area contributed by atoms with Gasteiger partial charge in [-0.2, -0.15) is 12.6 Å². The van der Waals surface area contributed by atoms with E-state index in [9.17, 15) is 5.11 Å². The van der Waals surface area contributed by atoms with Gasteiger partial charge in [-0.05, 0) is 6.42 Å². The summed E-state index contributed by atoms with van der Waals surface area (Å²) in [6, 6.07) is 0. The van der Waals surface area contributed by atoms with E-state index in [0.29, 0.717) is 0 Å². The summed E-state index contributed by atoms with van der Waals surface area (Å²) in [4.78, 5) is 0. The molecule has 2 N–H and O–H groups in total. The van der Waals surface area contributed by atoms with E-state index in [1.54, 1.807) is 0 Å². The van der Waals surface area contributed by atoms with Gasteiger partial charge in [0.25, 0.3) is 0 Å². The van der Waals surface area contributed by atoms with Crippen molar-refractivity contribution in [1.29, 1.82) is 0 Å². The van der Waals surface area contributed by atoms with Gasteiger partial charge in [-0.25, -0.2) is 0 Å². The molecule has 2 nitrogen and oxygen atoms in total. The zero-order valence-corrected chi connectivity index (χ0v) is 9.34. The zero-order chi connectivity index (χ0) is 10.1.